The Morgan fingerprint density at radius 3 is 1.83 bits per heavy atom. The van der Waals surface area contributed by atoms with Crippen LogP contribution in [0, 0.1) is 41.8 Å². The zero-order valence-corrected chi connectivity index (χ0v) is 8.42. The van der Waals surface area contributed by atoms with Gasteiger partial charge in [0.15, 0.2) is 0 Å². The molecule has 0 aromatic heterocycles. The Morgan fingerprint density at radius 2 is 1.58 bits per heavy atom. The van der Waals surface area contributed by atoms with Crippen molar-refractivity contribution in [1.82, 2.24) is 0 Å². The smallest absolute Gasteiger partial charge is 0.387 e. The summed E-state index contributed by atoms with van der Waals surface area (Å²) in [5.41, 5.74) is 7.24. The molecule has 0 unspecified atom stereocenters. The SMILES string of the molecule is C#C[Si](C#C)(C#C)OCC(C)C. The molecular weight excluding hydrogens is 164 g/mol. The molecule has 0 spiro atoms. The van der Waals surface area contributed by atoms with Crippen molar-refractivity contribution in [2.75, 3.05) is 6.61 Å². The number of hydrogen-bond donors (Lipinski definition) is 0. The highest BCUT2D eigenvalue weighted by Crippen LogP contribution is 2.03. The van der Waals surface area contributed by atoms with Gasteiger partial charge in [-0.25, -0.2) is 0 Å². The van der Waals surface area contributed by atoms with Crippen molar-refractivity contribution in [2.45, 2.75) is 13.8 Å². The lowest BCUT2D eigenvalue weighted by molar-refractivity contribution is 0.276. The Morgan fingerprint density at radius 1 is 1.17 bits per heavy atom. The summed E-state index contributed by atoms with van der Waals surface area (Å²) in [4.78, 5) is 0. The summed E-state index contributed by atoms with van der Waals surface area (Å²) >= 11 is 0. The van der Waals surface area contributed by atoms with Gasteiger partial charge in [0.1, 0.15) is 0 Å². The van der Waals surface area contributed by atoms with Gasteiger partial charge in [-0.3, -0.25) is 0 Å². The van der Waals surface area contributed by atoms with E-state index in [2.05, 4.69) is 16.6 Å². The Balaban J connectivity index is 4.31. The average molecular weight is 176 g/mol. The second kappa shape index (κ2) is 4.68. The second-order valence-electron chi connectivity index (χ2n) is 2.82. The predicted octanol–water partition coefficient (Wildman–Crippen LogP) is 1.12. The molecule has 0 saturated carbocycles. The van der Waals surface area contributed by atoms with E-state index in [1.165, 1.54) is 0 Å². The first-order valence-corrected chi connectivity index (χ1v) is 5.58. The van der Waals surface area contributed by atoms with Gasteiger partial charge in [-0.15, -0.1) is 19.3 Å². The van der Waals surface area contributed by atoms with Crippen LogP contribution in [0.1, 0.15) is 13.8 Å². The first kappa shape index (κ1) is 10.9. The predicted molar refractivity (Wildman–Crippen MR) is 53.0 cm³/mol. The van der Waals surface area contributed by atoms with E-state index in [-0.39, 0.29) is 0 Å². The van der Waals surface area contributed by atoms with E-state index in [0.29, 0.717) is 12.5 Å². The summed E-state index contributed by atoms with van der Waals surface area (Å²) in [5.74, 6) is 0.395. The van der Waals surface area contributed by atoms with E-state index in [1.807, 2.05) is 13.8 Å². The molecule has 0 aromatic rings. The minimum atomic E-state index is -2.70. The fourth-order valence-corrected chi connectivity index (χ4v) is 1.62. The molecule has 0 aliphatic heterocycles. The third-order valence-electron chi connectivity index (χ3n) is 1.24. The van der Waals surface area contributed by atoms with Gasteiger partial charge >= 0.3 is 8.32 Å². The maximum atomic E-state index is 5.37. The minimum Gasteiger partial charge on any atom is -0.387 e. The number of terminal acetylenes is 3. The summed E-state index contributed by atoms with van der Waals surface area (Å²) in [5, 5.41) is 0. The molecule has 2 heteroatoms. The lowest BCUT2D eigenvalue weighted by Crippen LogP contribution is -2.35. The van der Waals surface area contributed by atoms with E-state index in [1.54, 1.807) is 0 Å². The van der Waals surface area contributed by atoms with Crippen LogP contribution >= 0.6 is 0 Å². The highest BCUT2D eigenvalue weighted by Gasteiger charge is 2.29. The molecule has 0 radical (unpaired) electrons. The lowest BCUT2D eigenvalue weighted by Gasteiger charge is -2.14. The fraction of sp³-hybridized carbons (Fsp3) is 0.400. The van der Waals surface area contributed by atoms with E-state index in [0.717, 1.165) is 0 Å². The van der Waals surface area contributed by atoms with Crippen molar-refractivity contribution in [3.63, 3.8) is 0 Å². The number of hydrogen-bond acceptors (Lipinski definition) is 1. The van der Waals surface area contributed by atoms with E-state index < -0.39 is 8.32 Å². The second-order valence-corrected chi connectivity index (χ2v) is 5.34. The average Bonchev–Trinajstić information content (AvgIpc) is 2.08. The van der Waals surface area contributed by atoms with Gasteiger partial charge in [0.25, 0.3) is 0 Å². The minimum absolute atomic E-state index is 0.395. The molecule has 0 aromatic carbocycles. The van der Waals surface area contributed by atoms with Crippen LogP contribution in [0.2, 0.25) is 0 Å². The van der Waals surface area contributed by atoms with E-state index in [4.69, 9.17) is 23.7 Å². The Labute approximate surface area is 75.6 Å². The molecule has 0 heterocycles. The largest absolute Gasteiger partial charge is 0.436 e. The van der Waals surface area contributed by atoms with Crippen molar-refractivity contribution in [3.05, 3.63) is 0 Å². The van der Waals surface area contributed by atoms with Gasteiger partial charge in [0.2, 0.25) is 0 Å². The summed E-state index contributed by atoms with van der Waals surface area (Å²) in [7, 11) is -2.70. The quantitative estimate of drug-likeness (QED) is 0.462. The van der Waals surface area contributed by atoms with Gasteiger partial charge in [-0.2, -0.15) is 0 Å². The van der Waals surface area contributed by atoms with Gasteiger partial charge < -0.3 is 4.43 Å². The fourth-order valence-electron chi connectivity index (χ4n) is 0.542. The van der Waals surface area contributed by atoms with Crippen molar-refractivity contribution in [1.29, 1.82) is 0 Å². The van der Waals surface area contributed by atoms with Crippen LogP contribution in [-0.2, 0) is 4.43 Å². The highest BCUT2D eigenvalue weighted by atomic mass is 28.4. The molecule has 62 valence electrons. The first-order chi connectivity index (χ1) is 5.60. The monoisotopic (exact) mass is 176 g/mol. The zero-order valence-electron chi connectivity index (χ0n) is 7.42. The van der Waals surface area contributed by atoms with Crippen LogP contribution in [0.15, 0.2) is 0 Å². The molecule has 0 saturated heterocycles. The van der Waals surface area contributed by atoms with Crippen molar-refractivity contribution < 1.29 is 4.43 Å². The summed E-state index contributed by atoms with van der Waals surface area (Å²) in [6, 6.07) is 0. The molecule has 0 atom stereocenters. The first-order valence-electron chi connectivity index (χ1n) is 3.67. The Kier molecular flexibility index (Phi) is 4.23. The zero-order chi connectivity index (χ0) is 9.61. The van der Waals surface area contributed by atoms with Crippen LogP contribution in [0.3, 0.4) is 0 Å². The van der Waals surface area contributed by atoms with Crippen LogP contribution < -0.4 is 0 Å². The molecule has 0 bridgehead atoms. The lowest BCUT2D eigenvalue weighted by atomic mass is 10.2. The molecule has 1 nitrogen and oxygen atoms in total. The maximum absolute atomic E-state index is 5.37. The van der Waals surface area contributed by atoms with Crippen LogP contribution in [0.25, 0.3) is 0 Å². The molecule has 0 amide bonds. The van der Waals surface area contributed by atoms with Gasteiger partial charge in [-0.05, 0) is 5.92 Å². The molecule has 0 aliphatic carbocycles. The van der Waals surface area contributed by atoms with Gasteiger partial charge in [-0.1, -0.05) is 30.5 Å². The molecular formula is C10H12OSi. The molecule has 0 N–H and O–H groups in total. The molecule has 12 heavy (non-hydrogen) atoms. The van der Waals surface area contributed by atoms with Crippen molar-refractivity contribution >= 4 is 8.32 Å². The van der Waals surface area contributed by atoms with Gasteiger partial charge in [0, 0.05) is 6.61 Å². The van der Waals surface area contributed by atoms with Crippen molar-refractivity contribution in [3.8, 4) is 35.9 Å². The highest BCUT2D eigenvalue weighted by molar-refractivity contribution is 6.95. The maximum Gasteiger partial charge on any atom is 0.436 e. The standard InChI is InChI=1S/C10H12OSi/c1-6-12(7-2,8-3)11-9-10(4)5/h1-3,10H,9H2,4-5H3. The normalized spacial score (nSPS) is 10.0. The molecule has 0 aliphatic rings. The molecule has 0 rings (SSSR count). The third kappa shape index (κ3) is 2.85. The van der Waals surface area contributed by atoms with E-state index in [9.17, 15) is 0 Å². The summed E-state index contributed by atoms with van der Waals surface area (Å²) < 4.78 is 5.37. The summed E-state index contributed by atoms with van der Waals surface area (Å²) in [6.45, 7) is 4.57. The Hall–Kier alpha value is -1.14. The summed E-state index contributed by atoms with van der Waals surface area (Å²) in [6.07, 6.45) is 15.7. The Bertz CT molecular complexity index is 223. The molecule has 0 fully saturated rings. The topological polar surface area (TPSA) is 9.23 Å². The number of rotatable bonds is 3. The van der Waals surface area contributed by atoms with Gasteiger partial charge in [0.05, 0.1) is 0 Å². The van der Waals surface area contributed by atoms with E-state index >= 15 is 0 Å². The third-order valence-corrected chi connectivity index (χ3v) is 3.06. The van der Waals surface area contributed by atoms with Crippen LogP contribution in [0.5, 0.6) is 0 Å². The van der Waals surface area contributed by atoms with Crippen LogP contribution in [0.4, 0.5) is 0 Å². The van der Waals surface area contributed by atoms with Crippen molar-refractivity contribution in [2.24, 2.45) is 5.92 Å². The van der Waals surface area contributed by atoms with Crippen LogP contribution in [-0.4, -0.2) is 14.9 Å².